The summed E-state index contributed by atoms with van der Waals surface area (Å²) in [6.45, 7) is 1.35. The van der Waals surface area contributed by atoms with Crippen LogP contribution in [-0.2, 0) is 9.59 Å². The number of urea groups is 1. The smallest absolute Gasteiger partial charge is 0.322 e. The Hall–Kier alpha value is -2.45. The van der Waals surface area contributed by atoms with Crippen LogP contribution in [0, 0.1) is 0 Å². The predicted molar refractivity (Wildman–Crippen MR) is 74.6 cm³/mol. The average molecular weight is 306 g/mol. The molecule has 0 aromatic carbocycles. The second-order valence-corrected chi connectivity index (χ2v) is 5.58. The Morgan fingerprint density at radius 1 is 1.32 bits per heavy atom. The van der Waals surface area contributed by atoms with Gasteiger partial charge in [0.25, 0.3) is 5.91 Å². The lowest BCUT2D eigenvalue weighted by atomic mass is 9.96. The summed E-state index contributed by atoms with van der Waals surface area (Å²) in [4.78, 5) is 40.6. The second-order valence-electron chi connectivity index (χ2n) is 5.58. The van der Waals surface area contributed by atoms with E-state index in [-0.39, 0.29) is 18.2 Å². The zero-order valence-corrected chi connectivity index (χ0v) is 12.0. The van der Waals surface area contributed by atoms with Crippen molar-refractivity contribution in [2.24, 2.45) is 0 Å². The standard InChI is InChI=1S/C13H18N6O3/c20-10(2-1-9-12(21)17-13(22)16-9)19-5-3-8(4-6-19)11-14-7-15-18-11/h7-9H,1-6H2,(H,14,15,18)(H2,16,17,21,22). The normalized spacial score (nSPS) is 22.5. The molecule has 0 radical (unpaired) electrons. The summed E-state index contributed by atoms with van der Waals surface area (Å²) >= 11 is 0. The van der Waals surface area contributed by atoms with Crippen LogP contribution < -0.4 is 10.6 Å². The number of imide groups is 1. The minimum absolute atomic E-state index is 0.0185. The van der Waals surface area contributed by atoms with Gasteiger partial charge in [0.2, 0.25) is 5.91 Å². The molecule has 2 fully saturated rings. The van der Waals surface area contributed by atoms with Gasteiger partial charge in [-0.1, -0.05) is 0 Å². The summed E-state index contributed by atoms with van der Waals surface area (Å²) in [6.07, 6.45) is 3.78. The van der Waals surface area contributed by atoms with Crippen LogP contribution in [0.25, 0.3) is 0 Å². The van der Waals surface area contributed by atoms with Gasteiger partial charge in [0.15, 0.2) is 0 Å². The molecule has 118 valence electrons. The van der Waals surface area contributed by atoms with E-state index in [1.54, 1.807) is 0 Å². The Morgan fingerprint density at radius 3 is 2.68 bits per heavy atom. The van der Waals surface area contributed by atoms with Gasteiger partial charge in [-0.05, 0) is 19.3 Å². The number of nitrogens with one attached hydrogen (secondary N) is 3. The van der Waals surface area contributed by atoms with E-state index in [0.29, 0.717) is 25.4 Å². The monoisotopic (exact) mass is 306 g/mol. The topological polar surface area (TPSA) is 120 Å². The zero-order chi connectivity index (χ0) is 15.5. The SMILES string of the molecule is O=C1NC(=O)C(CCC(=O)N2CCC(c3ncn[nH]3)CC2)N1. The van der Waals surface area contributed by atoms with Crippen molar-refractivity contribution in [1.82, 2.24) is 30.7 Å². The number of piperidine rings is 1. The Bertz CT molecular complexity index is 564. The molecular formula is C13H18N6O3. The minimum Gasteiger partial charge on any atom is -0.343 e. The number of hydrogen-bond donors (Lipinski definition) is 3. The molecule has 1 aromatic heterocycles. The molecule has 2 saturated heterocycles. The number of amides is 4. The first-order valence-electron chi connectivity index (χ1n) is 7.38. The summed E-state index contributed by atoms with van der Waals surface area (Å²) in [5.74, 6) is 0.843. The van der Waals surface area contributed by atoms with Crippen LogP contribution >= 0.6 is 0 Å². The van der Waals surface area contributed by atoms with Crippen molar-refractivity contribution in [2.75, 3.05) is 13.1 Å². The van der Waals surface area contributed by atoms with Crippen LogP contribution in [0.2, 0.25) is 0 Å². The summed E-state index contributed by atoms with van der Waals surface area (Å²) in [5.41, 5.74) is 0. The molecular weight excluding hydrogens is 288 g/mol. The quantitative estimate of drug-likeness (QED) is 0.648. The minimum atomic E-state index is -0.594. The second kappa shape index (κ2) is 6.12. The van der Waals surface area contributed by atoms with E-state index in [2.05, 4.69) is 25.8 Å². The third-order valence-electron chi connectivity index (χ3n) is 4.17. The van der Waals surface area contributed by atoms with Gasteiger partial charge in [0.1, 0.15) is 18.2 Å². The molecule has 9 heteroatoms. The number of aromatic amines is 1. The highest BCUT2D eigenvalue weighted by Crippen LogP contribution is 2.25. The van der Waals surface area contributed by atoms with Crippen LogP contribution in [0.15, 0.2) is 6.33 Å². The fourth-order valence-corrected chi connectivity index (χ4v) is 2.90. The molecule has 0 aliphatic carbocycles. The van der Waals surface area contributed by atoms with E-state index in [4.69, 9.17) is 0 Å². The van der Waals surface area contributed by atoms with E-state index >= 15 is 0 Å². The third kappa shape index (κ3) is 3.07. The van der Waals surface area contributed by atoms with Crippen molar-refractivity contribution in [1.29, 1.82) is 0 Å². The van der Waals surface area contributed by atoms with Crippen LogP contribution in [-0.4, -0.2) is 57.1 Å². The van der Waals surface area contributed by atoms with Gasteiger partial charge in [-0.3, -0.25) is 20.0 Å². The van der Waals surface area contributed by atoms with Crippen molar-refractivity contribution in [3.05, 3.63) is 12.2 Å². The van der Waals surface area contributed by atoms with E-state index in [9.17, 15) is 14.4 Å². The van der Waals surface area contributed by atoms with Gasteiger partial charge in [-0.15, -0.1) is 0 Å². The summed E-state index contributed by atoms with van der Waals surface area (Å²) < 4.78 is 0. The molecule has 3 N–H and O–H groups in total. The number of carbonyl (C=O) groups is 3. The number of nitrogens with zero attached hydrogens (tertiary/aromatic N) is 3. The average Bonchev–Trinajstić information content (AvgIpc) is 3.15. The fourth-order valence-electron chi connectivity index (χ4n) is 2.90. The maximum Gasteiger partial charge on any atom is 0.322 e. The molecule has 22 heavy (non-hydrogen) atoms. The molecule has 2 aliphatic heterocycles. The first-order chi connectivity index (χ1) is 10.6. The van der Waals surface area contributed by atoms with Gasteiger partial charge >= 0.3 is 6.03 Å². The number of H-pyrrole nitrogens is 1. The molecule has 3 rings (SSSR count). The highest BCUT2D eigenvalue weighted by atomic mass is 16.2. The van der Waals surface area contributed by atoms with Gasteiger partial charge in [0, 0.05) is 25.4 Å². The molecule has 0 spiro atoms. The van der Waals surface area contributed by atoms with E-state index in [1.807, 2.05) is 4.90 Å². The van der Waals surface area contributed by atoms with Gasteiger partial charge in [-0.2, -0.15) is 5.10 Å². The van der Waals surface area contributed by atoms with Crippen molar-refractivity contribution in [2.45, 2.75) is 37.6 Å². The fraction of sp³-hybridized carbons (Fsp3) is 0.615. The van der Waals surface area contributed by atoms with Crippen LogP contribution in [0.4, 0.5) is 4.79 Å². The van der Waals surface area contributed by atoms with Crippen molar-refractivity contribution < 1.29 is 14.4 Å². The lowest BCUT2D eigenvalue weighted by molar-refractivity contribution is -0.132. The molecule has 0 bridgehead atoms. The Balaban J connectivity index is 1.44. The van der Waals surface area contributed by atoms with E-state index in [0.717, 1.165) is 18.7 Å². The number of carbonyl (C=O) groups excluding carboxylic acids is 3. The maximum atomic E-state index is 12.2. The molecule has 0 saturated carbocycles. The summed E-state index contributed by atoms with van der Waals surface area (Å²) in [5, 5.41) is 11.4. The molecule has 1 atom stereocenters. The third-order valence-corrected chi connectivity index (χ3v) is 4.17. The van der Waals surface area contributed by atoms with E-state index in [1.165, 1.54) is 6.33 Å². The van der Waals surface area contributed by atoms with E-state index < -0.39 is 12.1 Å². The van der Waals surface area contributed by atoms with Gasteiger partial charge < -0.3 is 10.2 Å². The lowest BCUT2D eigenvalue weighted by Crippen LogP contribution is -2.39. The lowest BCUT2D eigenvalue weighted by Gasteiger charge is -2.31. The molecule has 9 nitrogen and oxygen atoms in total. The van der Waals surface area contributed by atoms with Crippen molar-refractivity contribution in [3.8, 4) is 0 Å². The van der Waals surface area contributed by atoms with Crippen LogP contribution in [0.1, 0.15) is 37.4 Å². The molecule has 4 amide bonds. The van der Waals surface area contributed by atoms with Crippen LogP contribution in [0.5, 0.6) is 0 Å². The summed E-state index contributed by atoms with van der Waals surface area (Å²) in [7, 11) is 0. The Kier molecular flexibility index (Phi) is 4.03. The number of aromatic nitrogens is 3. The number of likely N-dealkylation sites (tertiary alicyclic amines) is 1. The van der Waals surface area contributed by atoms with Crippen molar-refractivity contribution in [3.63, 3.8) is 0 Å². The molecule has 2 aliphatic rings. The Morgan fingerprint density at radius 2 is 2.09 bits per heavy atom. The van der Waals surface area contributed by atoms with Gasteiger partial charge in [-0.25, -0.2) is 9.78 Å². The Labute approximate surface area is 126 Å². The summed E-state index contributed by atoms with van der Waals surface area (Å²) in [6, 6.07) is -1.08. The van der Waals surface area contributed by atoms with Crippen LogP contribution in [0.3, 0.4) is 0 Å². The largest absolute Gasteiger partial charge is 0.343 e. The molecule has 1 aromatic rings. The van der Waals surface area contributed by atoms with Crippen molar-refractivity contribution >= 4 is 17.8 Å². The molecule has 1 unspecified atom stereocenters. The van der Waals surface area contributed by atoms with Gasteiger partial charge in [0.05, 0.1) is 0 Å². The first kappa shape index (κ1) is 14.5. The zero-order valence-electron chi connectivity index (χ0n) is 12.0. The first-order valence-corrected chi connectivity index (χ1v) is 7.38. The highest BCUT2D eigenvalue weighted by Gasteiger charge is 2.31. The molecule has 3 heterocycles. The number of rotatable bonds is 4. The highest BCUT2D eigenvalue weighted by molar-refractivity contribution is 6.04. The predicted octanol–water partition coefficient (Wildman–Crippen LogP) is -0.501. The number of hydrogen-bond acceptors (Lipinski definition) is 5. The maximum absolute atomic E-state index is 12.2.